The van der Waals surface area contributed by atoms with Crippen LogP contribution >= 0.6 is 0 Å². The molecular weight excluding hydrogens is 224 g/mol. The number of amides is 1. The van der Waals surface area contributed by atoms with Crippen LogP contribution in [0, 0.1) is 6.92 Å². The third-order valence-electron chi connectivity index (χ3n) is 4.42. The summed E-state index contributed by atoms with van der Waals surface area (Å²) < 4.78 is 0. The summed E-state index contributed by atoms with van der Waals surface area (Å²) in [7, 11) is 0. The largest absolute Gasteiger partial charge is 0.317 e. The minimum atomic E-state index is 0.163. The predicted molar refractivity (Wildman–Crippen MR) is 73.0 cm³/mol. The second-order valence-electron chi connectivity index (χ2n) is 5.66. The van der Waals surface area contributed by atoms with Gasteiger partial charge < -0.3 is 10.2 Å². The van der Waals surface area contributed by atoms with E-state index in [0.29, 0.717) is 0 Å². The molecule has 3 rings (SSSR count). The van der Waals surface area contributed by atoms with Gasteiger partial charge in [0.05, 0.1) is 0 Å². The molecule has 1 saturated heterocycles. The summed E-state index contributed by atoms with van der Waals surface area (Å²) in [6.07, 6.45) is 2.26. The van der Waals surface area contributed by atoms with Gasteiger partial charge in [0.2, 0.25) is 5.91 Å². The van der Waals surface area contributed by atoms with Crippen LogP contribution in [-0.4, -0.2) is 25.5 Å². The molecule has 3 nitrogen and oxygen atoms in total. The second kappa shape index (κ2) is 4.09. The highest BCUT2D eigenvalue weighted by Crippen LogP contribution is 2.46. The van der Waals surface area contributed by atoms with Crippen LogP contribution < -0.4 is 10.2 Å². The Morgan fingerprint density at radius 2 is 2.06 bits per heavy atom. The van der Waals surface area contributed by atoms with Gasteiger partial charge in [0.15, 0.2) is 0 Å². The number of hydrogen-bond donors (Lipinski definition) is 1. The lowest BCUT2D eigenvalue weighted by molar-refractivity contribution is -0.116. The molecule has 1 amide bonds. The van der Waals surface area contributed by atoms with E-state index in [-0.39, 0.29) is 11.3 Å². The van der Waals surface area contributed by atoms with Crippen LogP contribution in [0.25, 0.3) is 0 Å². The average Bonchev–Trinajstić information content (AvgIpc) is 2.65. The Hall–Kier alpha value is -1.35. The number of benzene rings is 1. The molecule has 0 atom stereocenters. The van der Waals surface area contributed by atoms with E-state index in [1.807, 2.05) is 4.90 Å². The van der Waals surface area contributed by atoms with Crippen LogP contribution in [0.2, 0.25) is 0 Å². The standard InChI is InChI=1S/C15H20N2O/c1-11-3-4-14-13(9-11)15(5-7-16-8-6-15)10-17(14)12(2)18/h3-4,9,16H,5-8,10H2,1-2H3. The van der Waals surface area contributed by atoms with Crippen molar-refractivity contribution in [3.05, 3.63) is 29.3 Å². The van der Waals surface area contributed by atoms with Crippen LogP contribution in [0.4, 0.5) is 5.69 Å². The highest BCUT2D eigenvalue weighted by atomic mass is 16.2. The molecule has 1 fully saturated rings. The SMILES string of the molecule is CC(=O)N1CC2(CCNCC2)c2cc(C)ccc21. The van der Waals surface area contributed by atoms with E-state index < -0.39 is 0 Å². The van der Waals surface area contributed by atoms with Crippen molar-refractivity contribution in [2.75, 3.05) is 24.5 Å². The summed E-state index contributed by atoms with van der Waals surface area (Å²) in [5.74, 6) is 0.163. The first-order chi connectivity index (χ1) is 8.62. The van der Waals surface area contributed by atoms with E-state index >= 15 is 0 Å². The number of piperidine rings is 1. The smallest absolute Gasteiger partial charge is 0.223 e. The Morgan fingerprint density at radius 1 is 1.33 bits per heavy atom. The number of rotatable bonds is 0. The minimum Gasteiger partial charge on any atom is -0.317 e. The van der Waals surface area contributed by atoms with Crippen LogP contribution in [0.5, 0.6) is 0 Å². The lowest BCUT2D eigenvalue weighted by Gasteiger charge is -2.34. The average molecular weight is 244 g/mol. The quantitative estimate of drug-likeness (QED) is 0.757. The molecule has 2 heterocycles. The molecule has 0 bridgehead atoms. The zero-order chi connectivity index (χ0) is 12.8. The third kappa shape index (κ3) is 1.65. The lowest BCUT2D eigenvalue weighted by atomic mass is 9.74. The molecular formula is C15H20N2O. The highest BCUT2D eigenvalue weighted by Gasteiger charge is 2.44. The number of nitrogens with one attached hydrogen (secondary N) is 1. The molecule has 1 spiro atoms. The fourth-order valence-corrected chi connectivity index (χ4v) is 3.40. The van der Waals surface area contributed by atoms with Gasteiger partial charge in [-0.05, 0) is 44.5 Å². The minimum absolute atomic E-state index is 0.163. The third-order valence-corrected chi connectivity index (χ3v) is 4.42. The van der Waals surface area contributed by atoms with Gasteiger partial charge in [0, 0.05) is 24.6 Å². The first-order valence-corrected chi connectivity index (χ1v) is 6.72. The Morgan fingerprint density at radius 3 is 2.72 bits per heavy atom. The summed E-state index contributed by atoms with van der Waals surface area (Å²) in [6.45, 7) is 6.77. The summed E-state index contributed by atoms with van der Waals surface area (Å²) >= 11 is 0. The van der Waals surface area contributed by atoms with Gasteiger partial charge in [0.25, 0.3) is 0 Å². The fraction of sp³-hybridized carbons (Fsp3) is 0.533. The summed E-state index contributed by atoms with van der Waals surface area (Å²) in [5, 5.41) is 3.42. The predicted octanol–water partition coefficient (Wildman–Crippen LogP) is 1.98. The van der Waals surface area contributed by atoms with Gasteiger partial charge in [-0.2, -0.15) is 0 Å². The zero-order valence-electron chi connectivity index (χ0n) is 11.1. The molecule has 0 aromatic heterocycles. The summed E-state index contributed by atoms with van der Waals surface area (Å²) in [6, 6.07) is 6.50. The molecule has 1 N–H and O–H groups in total. The van der Waals surface area contributed by atoms with E-state index in [4.69, 9.17) is 0 Å². The van der Waals surface area contributed by atoms with Gasteiger partial charge >= 0.3 is 0 Å². The number of carbonyl (C=O) groups excluding carboxylic acids is 1. The van der Waals surface area contributed by atoms with Crippen LogP contribution in [0.15, 0.2) is 18.2 Å². The van der Waals surface area contributed by atoms with Gasteiger partial charge in [-0.3, -0.25) is 4.79 Å². The van der Waals surface area contributed by atoms with Crippen molar-refractivity contribution in [1.29, 1.82) is 0 Å². The molecule has 2 aliphatic heterocycles. The van der Waals surface area contributed by atoms with Crippen LogP contribution in [-0.2, 0) is 10.2 Å². The van der Waals surface area contributed by atoms with Gasteiger partial charge in [-0.1, -0.05) is 17.7 Å². The number of fused-ring (bicyclic) bond motifs is 2. The molecule has 96 valence electrons. The number of nitrogens with zero attached hydrogens (tertiary/aromatic N) is 1. The summed E-state index contributed by atoms with van der Waals surface area (Å²) in [4.78, 5) is 13.8. The highest BCUT2D eigenvalue weighted by molar-refractivity contribution is 5.94. The monoisotopic (exact) mass is 244 g/mol. The van der Waals surface area contributed by atoms with Crippen molar-refractivity contribution in [2.24, 2.45) is 0 Å². The second-order valence-corrected chi connectivity index (χ2v) is 5.66. The maximum absolute atomic E-state index is 11.8. The zero-order valence-corrected chi connectivity index (χ0v) is 11.1. The number of hydrogen-bond acceptors (Lipinski definition) is 2. The Kier molecular flexibility index (Phi) is 2.67. The van der Waals surface area contributed by atoms with Crippen molar-refractivity contribution >= 4 is 11.6 Å². The van der Waals surface area contributed by atoms with E-state index in [0.717, 1.165) is 38.2 Å². The normalized spacial score (nSPS) is 21.1. The van der Waals surface area contributed by atoms with E-state index in [1.165, 1.54) is 11.1 Å². The Balaban J connectivity index is 2.10. The molecule has 0 radical (unpaired) electrons. The molecule has 0 unspecified atom stereocenters. The van der Waals surface area contributed by atoms with Crippen LogP contribution in [0.1, 0.15) is 30.9 Å². The van der Waals surface area contributed by atoms with Crippen molar-refractivity contribution in [1.82, 2.24) is 5.32 Å². The van der Waals surface area contributed by atoms with E-state index in [2.05, 4.69) is 30.4 Å². The van der Waals surface area contributed by atoms with Crippen molar-refractivity contribution in [3.8, 4) is 0 Å². The number of aryl methyl sites for hydroxylation is 1. The molecule has 1 aromatic rings. The molecule has 3 heteroatoms. The molecule has 0 saturated carbocycles. The van der Waals surface area contributed by atoms with Crippen LogP contribution in [0.3, 0.4) is 0 Å². The van der Waals surface area contributed by atoms with Crippen molar-refractivity contribution in [2.45, 2.75) is 32.1 Å². The van der Waals surface area contributed by atoms with Gasteiger partial charge in [0.1, 0.15) is 0 Å². The molecule has 18 heavy (non-hydrogen) atoms. The molecule has 1 aromatic carbocycles. The Labute approximate surface area is 108 Å². The summed E-state index contributed by atoms with van der Waals surface area (Å²) in [5.41, 5.74) is 4.00. The van der Waals surface area contributed by atoms with Gasteiger partial charge in [-0.15, -0.1) is 0 Å². The van der Waals surface area contributed by atoms with Gasteiger partial charge in [-0.25, -0.2) is 0 Å². The first kappa shape index (κ1) is 11.7. The lowest BCUT2D eigenvalue weighted by Crippen LogP contribution is -2.43. The van der Waals surface area contributed by atoms with E-state index in [1.54, 1.807) is 6.92 Å². The first-order valence-electron chi connectivity index (χ1n) is 6.72. The number of anilines is 1. The van der Waals surface area contributed by atoms with Crippen molar-refractivity contribution in [3.63, 3.8) is 0 Å². The molecule has 0 aliphatic carbocycles. The molecule has 2 aliphatic rings. The maximum Gasteiger partial charge on any atom is 0.223 e. The topological polar surface area (TPSA) is 32.3 Å². The Bertz CT molecular complexity index is 489. The van der Waals surface area contributed by atoms with Crippen molar-refractivity contribution < 1.29 is 4.79 Å². The van der Waals surface area contributed by atoms with E-state index in [9.17, 15) is 4.79 Å². The fourth-order valence-electron chi connectivity index (χ4n) is 3.40. The maximum atomic E-state index is 11.8. The number of carbonyl (C=O) groups is 1.